The average Bonchev–Trinajstić information content (AvgIpc) is 3.09. The number of carbonyl (C=O) groups is 2. The molecule has 2 heterocycles. The third-order valence-corrected chi connectivity index (χ3v) is 5.06. The number of rotatable bonds is 6. The Kier molecular flexibility index (Phi) is 8.22. The largest absolute Gasteiger partial charge is 0.462 e. The van der Waals surface area contributed by atoms with Gasteiger partial charge in [0.15, 0.2) is 5.17 Å². The van der Waals surface area contributed by atoms with Crippen molar-refractivity contribution in [1.82, 2.24) is 10.3 Å². The standard InChI is InChI=1S/C18H20F6N4O4S/c1-4-31-13(29)17(18(22,23)24,32-9-16(19,20)21)27-14(30)28(15-25-8-11(3)33-15)12-7-5-6-10(2)26-12/h5-7,11H,4,8-9H2,1-3H3,(H,27,30)/t11-,17+/m1/s1. The van der Waals surface area contributed by atoms with Crippen LogP contribution in [-0.4, -0.2) is 65.2 Å². The molecule has 1 aliphatic rings. The minimum atomic E-state index is -5.82. The Morgan fingerprint density at radius 1 is 1.24 bits per heavy atom. The molecule has 0 fully saturated rings. The first-order valence-corrected chi connectivity index (χ1v) is 10.3. The first kappa shape index (κ1) is 26.7. The van der Waals surface area contributed by atoms with Crippen molar-refractivity contribution in [2.45, 2.75) is 44.1 Å². The van der Waals surface area contributed by atoms with Gasteiger partial charge >= 0.3 is 30.1 Å². The maximum Gasteiger partial charge on any atom is 0.448 e. The number of aryl methyl sites for hydroxylation is 1. The van der Waals surface area contributed by atoms with E-state index < -0.39 is 43.3 Å². The summed E-state index contributed by atoms with van der Waals surface area (Å²) >= 11 is 1.03. The van der Waals surface area contributed by atoms with E-state index in [9.17, 15) is 35.9 Å². The first-order valence-electron chi connectivity index (χ1n) is 9.42. The number of anilines is 1. The molecule has 0 aliphatic carbocycles. The molecule has 8 nitrogen and oxygen atoms in total. The van der Waals surface area contributed by atoms with Gasteiger partial charge in [0.1, 0.15) is 12.4 Å². The van der Waals surface area contributed by atoms with Crippen molar-refractivity contribution in [3.05, 3.63) is 23.9 Å². The van der Waals surface area contributed by atoms with Crippen molar-refractivity contribution >= 4 is 34.7 Å². The number of alkyl halides is 6. The van der Waals surface area contributed by atoms with Gasteiger partial charge in [0.05, 0.1) is 13.2 Å². The highest BCUT2D eigenvalue weighted by Crippen LogP contribution is 2.36. The number of ether oxygens (including phenoxy) is 2. The molecule has 0 saturated heterocycles. The van der Waals surface area contributed by atoms with Crippen LogP contribution >= 0.6 is 11.8 Å². The van der Waals surface area contributed by atoms with E-state index in [2.05, 4.69) is 19.5 Å². The monoisotopic (exact) mass is 502 g/mol. The molecule has 1 N–H and O–H groups in total. The van der Waals surface area contributed by atoms with Gasteiger partial charge in [-0.15, -0.1) is 0 Å². The molecule has 1 aromatic rings. The van der Waals surface area contributed by atoms with Gasteiger partial charge in [-0.1, -0.05) is 24.8 Å². The van der Waals surface area contributed by atoms with Gasteiger partial charge < -0.3 is 9.47 Å². The van der Waals surface area contributed by atoms with Gasteiger partial charge in [0.25, 0.3) is 0 Å². The Bertz CT molecular complexity index is 911. The second kappa shape index (κ2) is 10.2. The Hall–Kier alpha value is -2.55. The molecule has 0 unspecified atom stereocenters. The molecule has 0 aromatic carbocycles. The van der Waals surface area contributed by atoms with Crippen LogP contribution in [0.3, 0.4) is 0 Å². The number of halogens is 6. The van der Waals surface area contributed by atoms with Gasteiger partial charge in [-0.05, 0) is 26.0 Å². The summed E-state index contributed by atoms with van der Waals surface area (Å²) in [5.74, 6) is -2.43. The molecular weight excluding hydrogens is 482 g/mol. The SMILES string of the molecule is CCOC(=O)[C@](NC(=O)N(C1=NC[C@@H](C)S1)c1cccc(C)n1)(OCC(F)(F)F)C(F)(F)F. The smallest absolute Gasteiger partial charge is 0.448 e. The highest BCUT2D eigenvalue weighted by atomic mass is 32.2. The van der Waals surface area contributed by atoms with Gasteiger partial charge in [-0.25, -0.2) is 19.5 Å². The lowest BCUT2D eigenvalue weighted by molar-refractivity contribution is -0.305. The summed E-state index contributed by atoms with van der Waals surface area (Å²) in [5.41, 5.74) is -4.05. The van der Waals surface area contributed by atoms with Crippen LogP contribution < -0.4 is 10.2 Å². The Balaban J connectivity index is 2.54. The summed E-state index contributed by atoms with van der Waals surface area (Å²) in [4.78, 5) is 34.1. The molecule has 1 aromatic heterocycles. The Morgan fingerprint density at radius 3 is 2.39 bits per heavy atom. The zero-order valence-corrected chi connectivity index (χ0v) is 18.4. The van der Waals surface area contributed by atoms with Crippen molar-refractivity contribution in [2.75, 3.05) is 24.7 Å². The van der Waals surface area contributed by atoms with Crippen molar-refractivity contribution in [1.29, 1.82) is 0 Å². The number of nitrogens with zero attached hydrogens (tertiary/aromatic N) is 3. The zero-order valence-electron chi connectivity index (χ0n) is 17.6. The van der Waals surface area contributed by atoms with Crippen molar-refractivity contribution in [2.24, 2.45) is 4.99 Å². The number of carbonyl (C=O) groups excluding carboxylic acids is 2. The molecule has 184 valence electrons. The fourth-order valence-electron chi connectivity index (χ4n) is 2.57. The van der Waals surface area contributed by atoms with E-state index in [0.717, 1.165) is 18.7 Å². The van der Waals surface area contributed by atoms with Crippen LogP contribution in [0, 0.1) is 6.92 Å². The van der Waals surface area contributed by atoms with E-state index in [1.807, 2.05) is 0 Å². The number of aliphatic imine (C=N–C) groups is 1. The molecule has 2 rings (SSSR count). The predicted octanol–water partition coefficient (Wildman–Crippen LogP) is 3.80. The summed E-state index contributed by atoms with van der Waals surface area (Å²) in [7, 11) is 0. The van der Waals surface area contributed by atoms with Crippen molar-refractivity contribution in [3.8, 4) is 0 Å². The third-order valence-electron chi connectivity index (χ3n) is 3.98. The van der Waals surface area contributed by atoms with E-state index in [4.69, 9.17) is 0 Å². The number of thioether (sulfide) groups is 1. The van der Waals surface area contributed by atoms with Crippen LogP contribution in [0.25, 0.3) is 0 Å². The molecule has 2 amide bonds. The fraction of sp³-hybridized carbons (Fsp3) is 0.556. The molecular formula is C18H20F6N4O4S. The van der Waals surface area contributed by atoms with Crippen LogP contribution in [0.4, 0.5) is 37.0 Å². The summed E-state index contributed by atoms with van der Waals surface area (Å²) in [5, 5.41) is 1.07. The number of hydrogen-bond acceptors (Lipinski definition) is 7. The van der Waals surface area contributed by atoms with Crippen molar-refractivity contribution in [3.63, 3.8) is 0 Å². The van der Waals surface area contributed by atoms with E-state index >= 15 is 0 Å². The van der Waals surface area contributed by atoms with Gasteiger partial charge in [0, 0.05) is 10.9 Å². The zero-order chi connectivity index (χ0) is 25.0. The number of aromatic nitrogens is 1. The number of nitrogens with one attached hydrogen (secondary N) is 1. The molecule has 2 atom stereocenters. The third kappa shape index (κ3) is 6.50. The average molecular weight is 502 g/mol. The summed E-state index contributed by atoms with van der Waals surface area (Å²) in [6.07, 6.45) is -11.1. The lowest BCUT2D eigenvalue weighted by Crippen LogP contribution is -2.68. The topological polar surface area (TPSA) is 93.1 Å². The minimum absolute atomic E-state index is 0.0612. The van der Waals surface area contributed by atoms with Crippen LogP contribution in [-0.2, 0) is 14.3 Å². The number of hydrogen-bond donors (Lipinski definition) is 1. The highest BCUT2D eigenvalue weighted by Gasteiger charge is 2.66. The maximum absolute atomic E-state index is 14.0. The number of amides is 2. The quantitative estimate of drug-likeness (QED) is 0.362. The predicted molar refractivity (Wildman–Crippen MR) is 107 cm³/mol. The number of esters is 1. The van der Waals surface area contributed by atoms with Crippen molar-refractivity contribution < 1.29 is 45.4 Å². The lowest BCUT2D eigenvalue weighted by atomic mass is 10.2. The number of pyridine rings is 1. The molecule has 1 aliphatic heterocycles. The van der Waals surface area contributed by atoms with Gasteiger partial charge in [0.2, 0.25) is 0 Å². The first-order chi connectivity index (χ1) is 15.2. The van der Waals surface area contributed by atoms with E-state index in [1.54, 1.807) is 19.9 Å². The second-order valence-corrected chi connectivity index (χ2v) is 8.16. The number of amidine groups is 1. The van der Waals surface area contributed by atoms with Crippen LogP contribution in [0.1, 0.15) is 19.5 Å². The Morgan fingerprint density at radius 2 is 1.91 bits per heavy atom. The lowest BCUT2D eigenvalue weighted by Gasteiger charge is -2.35. The van der Waals surface area contributed by atoms with E-state index in [-0.39, 0.29) is 22.8 Å². The molecule has 0 radical (unpaired) electrons. The van der Waals surface area contributed by atoms with Gasteiger partial charge in [-0.3, -0.25) is 10.3 Å². The minimum Gasteiger partial charge on any atom is -0.462 e. The molecule has 15 heteroatoms. The Labute approximate surface area is 188 Å². The van der Waals surface area contributed by atoms with Crippen LogP contribution in [0.5, 0.6) is 0 Å². The van der Waals surface area contributed by atoms with E-state index in [0.29, 0.717) is 10.6 Å². The summed E-state index contributed by atoms with van der Waals surface area (Å²) in [6, 6.07) is 2.66. The van der Waals surface area contributed by atoms with E-state index in [1.165, 1.54) is 17.4 Å². The van der Waals surface area contributed by atoms with Crippen LogP contribution in [0.15, 0.2) is 23.2 Å². The maximum atomic E-state index is 14.0. The normalized spacial score (nSPS) is 18.3. The molecule has 0 bridgehead atoms. The van der Waals surface area contributed by atoms with Gasteiger partial charge in [-0.2, -0.15) is 26.3 Å². The molecule has 0 saturated carbocycles. The summed E-state index contributed by atoms with van der Waals surface area (Å²) in [6.45, 7) is 1.55. The molecule has 33 heavy (non-hydrogen) atoms. The second-order valence-electron chi connectivity index (χ2n) is 6.76. The van der Waals surface area contributed by atoms with Crippen LogP contribution in [0.2, 0.25) is 0 Å². The fourth-order valence-corrected chi connectivity index (χ4v) is 3.51. The molecule has 0 spiro atoms. The summed E-state index contributed by atoms with van der Waals surface area (Å²) < 4.78 is 88.4. The highest BCUT2D eigenvalue weighted by molar-refractivity contribution is 8.15. The number of urea groups is 1.